The molecule has 152 valence electrons. The Labute approximate surface area is 177 Å². The molecular formula is C26H27N3O. The SMILES string of the molecule is Nc1ccc(C2=CC(CCO)(c3ccc(N)cc3)CC(c3ccc(N)cc3)=C2)cc1. The summed E-state index contributed by atoms with van der Waals surface area (Å²) in [5.41, 5.74) is 25.3. The van der Waals surface area contributed by atoms with Gasteiger partial charge in [-0.2, -0.15) is 0 Å². The second-order valence-electron chi connectivity index (χ2n) is 7.94. The van der Waals surface area contributed by atoms with Crippen LogP contribution in [0.2, 0.25) is 0 Å². The van der Waals surface area contributed by atoms with Crippen LogP contribution in [0.4, 0.5) is 17.1 Å². The molecule has 0 amide bonds. The Bertz CT molecular complexity index is 1080. The maximum atomic E-state index is 9.98. The predicted molar refractivity (Wildman–Crippen MR) is 127 cm³/mol. The molecule has 30 heavy (non-hydrogen) atoms. The average molecular weight is 398 g/mol. The Kier molecular flexibility index (Phi) is 5.34. The molecule has 0 heterocycles. The van der Waals surface area contributed by atoms with Gasteiger partial charge in [0.1, 0.15) is 0 Å². The molecule has 0 bridgehead atoms. The van der Waals surface area contributed by atoms with Crippen molar-refractivity contribution in [1.82, 2.24) is 0 Å². The first kappa shape index (κ1) is 19.8. The maximum Gasteiger partial charge on any atom is 0.0442 e. The lowest BCUT2D eigenvalue weighted by Gasteiger charge is -2.36. The summed E-state index contributed by atoms with van der Waals surface area (Å²) in [4.78, 5) is 0. The lowest BCUT2D eigenvalue weighted by molar-refractivity contribution is 0.257. The van der Waals surface area contributed by atoms with Gasteiger partial charge < -0.3 is 22.3 Å². The molecule has 4 heteroatoms. The van der Waals surface area contributed by atoms with Gasteiger partial charge in [0.15, 0.2) is 0 Å². The van der Waals surface area contributed by atoms with E-state index in [1.165, 1.54) is 5.57 Å². The molecule has 0 aromatic heterocycles. The molecule has 3 aromatic carbocycles. The highest BCUT2D eigenvalue weighted by molar-refractivity contribution is 5.88. The van der Waals surface area contributed by atoms with Gasteiger partial charge in [-0.05, 0) is 77.1 Å². The lowest BCUT2D eigenvalue weighted by Crippen LogP contribution is -2.28. The number of hydrogen-bond donors (Lipinski definition) is 4. The number of rotatable bonds is 5. The van der Waals surface area contributed by atoms with E-state index in [4.69, 9.17) is 17.2 Å². The van der Waals surface area contributed by atoms with Crippen molar-refractivity contribution in [3.63, 3.8) is 0 Å². The molecule has 4 rings (SSSR count). The summed E-state index contributed by atoms with van der Waals surface area (Å²) in [5.74, 6) is 0. The van der Waals surface area contributed by atoms with E-state index in [-0.39, 0.29) is 12.0 Å². The second-order valence-corrected chi connectivity index (χ2v) is 7.94. The van der Waals surface area contributed by atoms with Crippen LogP contribution < -0.4 is 17.2 Å². The van der Waals surface area contributed by atoms with Crippen LogP contribution in [0.1, 0.15) is 29.5 Å². The van der Waals surface area contributed by atoms with Gasteiger partial charge in [0.2, 0.25) is 0 Å². The van der Waals surface area contributed by atoms with Crippen LogP contribution in [-0.4, -0.2) is 11.7 Å². The first-order valence-corrected chi connectivity index (χ1v) is 10.1. The second kappa shape index (κ2) is 8.09. The van der Waals surface area contributed by atoms with Crippen LogP contribution in [0.15, 0.2) is 84.9 Å². The monoisotopic (exact) mass is 397 g/mol. The van der Waals surface area contributed by atoms with Crippen molar-refractivity contribution >= 4 is 28.2 Å². The summed E-state index contributed by atoms with van der Waals surface area (Å²) >= 11 is 0. The third-order valence-corrected chi connectivity index (χ3v) is 5.84. The Hall–Kier alpha value is -3.50. The molecule has 7 N–H and O–H groups in total. The Morgan fingerprint density at radius 2 is 1.20 bits per heavy atom. The lowest BCUT2D eigenvalue weighted by atomic mass is 9.68. The number of allylic oxidation sites excluding steroid dienone is 4. The molecule has 0 aliphatic heterocycles. The number of aliphatic hydroxyl groups is 1. The van der Waals surface area contributed by atoms with Crippen molar-refractivity contribution in [1.29, 1.82) is 0 Å². The fourth-order valence-electron chi connectivity index (χ4n) is 4.20. The van der Waals surface area contributed by atoms with Gasteiger partial charge in [-0.15, -0.1) is 0 Å². The van der Waals surface area contributed by atoms with Gasteiger partial charge in [-0.25, -0.2) is 0 Å². The molecule has 0 spiro atoms. The summed E-state index contributed by atoms with van der Waals surface area (Å²) in [6.45, 7) is 0.0882. The molecule has 1 atom stereocenters. The highest BCUT2D eigenvalue weighted by Crippen LogP contribution is 2.45. The van der Waals surface area contributed by atoms with Gasteiger partial charge in [-0.1, -0.05) is 48.6 Å². The average Bonchev–Trinajstić information content (AvgIpc) is 2.75. The minimum atomic E-state index is -0.343. The summed E-state index contributed by atoms with van der Waals surface area (Å²) < 4.78 is 0. The predicted octanol–water partition coefficient (Wildman–Crippen LogP) is 4.62. The van der Waals surface area contributed by atoms with Gasteiger partial charge >= 0.3 is 0 Å². The van der Waals surface area contributed by atoms with Crippen molar-refractivity contribution in [3.8, 4) is 0 Å². The van der Waals surface area contributed by atoms with Crippen molar-refractivity contribution in [2.75, 3.05) is 23.8 Å². The van der Waals surface area contributed by atoms with Gasteiger partial charge in [-0.3, -0.25) is 0 Å². The zero-order valence-corrected chi connectivity index (χ0v) is 16.9. The molecule has 0 fully saturated rings. The number of benzene rings is 3. The van der Waals surface area contributed by atoms with Crippen LogP contribution in [0.5, 0.6) is 0 Å². The first-order chi connectivity index (χ1) is 14.5. The number of hydrogen-bond acceptors (Lipinski definition) is 4. The molecule has 0 saturated heterocycles. The molecule has 0 radical (unpaired) electrons. The van der Waals surface area contributed by atoms with E-state index >= 15 is 0 Å². The van der Waals surface area contributed by atoms with Crippen molar-refractivity contribution < 1.29 is 5.11 Å². The largest absolute Gasteiger partial charge is 0.399 e. The van der Waals surface area contributed by atoms with Gasteiger partial charge in [0, 0.05) is 29.1 Å². The van der Waals surface area contributed by atoms with Gasteiger partial charge in [0.25, 0.3) is 0 Å². The zero-order valence-electron chi connectivity index (χ0n) is 16.9. The van der Waals surface area contributed by atoms with E-state index in [1.807, 2.05) is 48.5 Å². The van der Waals surface area contributed by atoms with Crippen molar-refractivity contribution in [2.24, 2.45) is 0 Å². The Balaban J connectivity index is 1.88. The van der Waals surface area contributed by atoms with E-state index < -0.39 is 0 Å². The van der Waals surface area contributed by atoms with Crippen LogP contribution in [0.25, 0.3) is 11.1 Å². The molecule has 1 unspecified atom stereocenters. The summed E-state index contributed by atoms with van der Waals surface area (Å²) in [5, 5.41) is 9.98. The standard InChI is InChI=1S/C26H27N3O/c27-23-7-1-18(2-8-23)20-15-21(19-3-9-24(28)10-4-19)17-26(16-20,13-14-30)22-5-11-25(29)12-6-22/h1-12,15-16,30H,13-14,17,27-29H2. The van der Waals surface area contributed by atoms with Crippen molar-refractivity contribution in [2.45, 2.75) is 18.3 Å². The quantitative estimate of drug-likeness (QED) is 0.472. The van der Waals surface area contributed by atoms with Crippen LogP contribution >= 0.6 is 0 Å². The van der Waals surface area contributed by atoms with Crippen LogP contribution in [0, 0.1) is 0 Å². The van der Waals surface area contributed by atoms with Crippen LogP contribution in [0.3, 0.4) is 0 Å². The Morgan fingerprint density at radius 3 is 1.73 bits per heavy atom. The van der Waals surface area contributed by atoms with E-state index in [1.54, 1.807) is 0 Å². The number of aliphatic hydroxyl groups excluding tert-OH is 1. The van der Waals surface area contributed by atoms with Crippen molar-refractivity contribution in [3.05, 3.63) is 102 Å². The fraction of sp³-hybridized carbons (Fsp3) is 0.154. The summed E-state index contributed by atoms with van der Waals surface area (Å²) in [7, 11) is 0. The molecule has 1 aliphatic carbocycles. The third-order valence-electron chi connectivity index (χ3n) is 5.84. The number of nitrogens with two attached hydrogens (primary N) is 3. The topological polar surface area (TPSA) is 98.3 Å². The molecular weight excluding hydrogens is 370 g/mol. The molecule has 4 nitrogen and oxygen atoms in total. The number of nitrogen functional groups attached to an aromatic ring is 3. The molecule has 0 saturated carbocycles. The Morgan fingerprint density at radius 1 is 0.700 bits per heavy atom. The first-order valence-electron chi connectivity index (χ1n) is 10.1. The zero-order chi connectivity index (χ0) is 21.1. The normalized spacial score (nSPS) is 18.6. The van der Waals surface area contributed by atoms with Crippen LogP contribution in [-0.2, 0) is 5.41 Å². The molecule has 1 aliphatic rings. The minimum absolute atomic E-state index is 0.0882. The highest BCUT2D eigenvalue weighted by Gasteiger charge is 2.34. The summed E-state index contributed by atoms with van der Waals surface area (Å²) in [6.07, 6.45) is 5.90. The maximum absolute atomic E-state index is 9.98. The van der Waals surface area contributed by atoms with Gasteiger partial charge in [0.05, 0.1) is 0 Å². The molecule has 3 aromatic rings. The third kappa shape index (κ3) is 3.95. The smallest absolute Gasteiger partial charge is 0.0442 e. The fourth-order valence-corrected chi connectivity index (χ4v) is 4.20. The van der Waals surface area contributed by atoms with E-state index in [2.05, 4.69) is 36.4 Å². The highest BCUT2D eigenvalue weighted by atomic mass is 16.3. The van der Waals surface area contributed by atoms with E-state index in [0.717, 1.165) is 45.7 Å². The van der Waals surface area contributed by atoms with E-state index in [9.17, 15) is 5.11 Å². The van der Waals surface area contributed by atoms with E-state index in [0.29, 0.717) is 6.42 Å². The summed E-state index contributed by atoms with van der Waals surface area (Å²) in [6, 6.07) is 23.8. The minimum Gasteiger partial charge on any atom is -0.399 e. The number of anilines is 3.